The minimum absolute atomic E-state index is 0.180. The van der Waals surface area contributed by atoms with Gasteiger partial charge in [-0.05, 0) is 49.2 Å². The van der Waals surface area contributed by atoms with E-state index in [4.69, 9.17) is 26.3 Å². The summed E-state index contributed by atoms with van der Waals surface area (Å²) in [6.07, 6.45) is -0.180. The molecular weight excluding hydrogens is 352 g/mol. The molecule has 136 valence electrons. The van der Waals surface area contributed by atoms with Crippen LogP contribution in [0.4, 0.5) is 0 Å². The van der Waals surface area contributed by atoms with Gasteiger partial charge in [-0.25, -0.2) is 0 Å². The number of nitrogens with zero attached hydrogens (tertiary/aromatic N) is 1. The van der Waals surface area contributed by atoms with Crippen molar-refractivity contribution in [3.05, 3.63) is 58.1 Å². The van der Waals surface area contributed by atoms with E-state index in [-0.39, 0.29) is 18.9 Å². The van der Waals surface area contributed by atoms with E-state index in [1.54, 1.807) is 18.2 Å². The van der Waals surface area contributed by atoms with E-state index < -0.39 is 0 Å². The highest BCUT2D eigenvalue weighted by atomic mass is 35.5. The number of carbonyl (C=O) groups excluding carboxylic acids is 1. The molecule has 0 radical (unpaired) electrons. The maximum absolute atomic E-state index is 11.5. The second-order valence-electron chi connectivity index (χ2n) is 5.76. The first kappa shape index (κ1) is 19.6. The maximum Gasteiger partial charge on any atom is 0.234 e. The van der Waals surface area contributed by atoms with E-state index in [9.17, 15) is 4.79 Å². The van der Waals surface area contributed by atoms with E-state index in [0.717, 1.165) is 16.9 Å². The lowest BCUT2D eigenvalue weighted by molar-refractivity contribution is -0.120. The van der Waals surface area contributed by atoms with Crippen LogP contribution in [0.3, 0.4) is 0 Å². The number of nitriles is 1. The van der Waals surface area contributed by atoms with Gasteiger partial charge in [-0.3, -0.25) is 4.79 Å². The largest absolute Gasteiger partial charge is 0.490 e. The molecule has 2 aromatic carbocycles. The third kappa shape index (κ3) is 5.68. The Kier molecular flexibility index (Phi) is 7.31. The average molecular weight is 373 g/mol. The lowest BCUT2D eigenvalue weighted by atomic mass is 10.1. The van der Waals surface area contributed by atoms with E-state index in [1.807, 2.05) is 38.1 Å². The molecule has 0 aliphatic heterocycles. The number of benzene rings is 2. The maximum atomic E-state index is 11.5. The first-order valence-electron chi connectivity index (χ1n) is 8.25. The van der Waals surface area contributed by atoms with Crippen LogP contribution < -0.4 is 14.8 Å². The molecule has 0 unspecified atom stereocenters. The number of rotatable bonds is 8. The predicted molar refractivity (Wildman–Crippen MR) is 100 cm³/mol. The van der Waals surface area contributed by atoms with Gasteiger partial charge in [-0.15, -0.1) is 0 Å². The number of ether oxygens (including phenoxy) is 2. The van der Waals surface area contributed by atoms with Crippen molar-refractivity contribution < 1.29 is 14.3 Å². The molecule has 0 aliphatic rings. The van der Waals surface area contributed by atoms with Gasteiger partial charge in [0.25, 0.3) is 0 Å². The molecule has 0 spiro atoms. The van der Waals surface area contributed by atoms with Crippen LogP contribution in [-0.2, 0) is 11.3 Å². The molecule has 0 bridgehead atoms. The van der Waals surface area contributed by atoms with Crippen LogP contribution in [0.5, 0.6) is 11.5 Å². The van der Waals surface area contributed by atoms with Crippen LogP contribution in [0.1, 0.15) is 23.1 Å². The number of hydrogen-bond donors (Lipinski definition) is 1. The summed E-state index contributed by atoms with van der Waals surface area (Å²) >= 11 is 6.02. The SMILES string of the molecule is Cc1cccc(OCCOc2ccc(Cl)cc2CNC(=O)CC#N)c1C. The Labute approximate surface area is 158 Å². The second kappa shape index (κ2) is 9.69. The van der Waals surface area contributed by atoms with Gasteiger partial charge in [0.1, 0.15) is 31.1 Å². The van der Waals surface area contributed by atoms with Gasteiger partial charge in [0.05, 0.1) is 6.07 Å². The van der Waals surface area contributed by atoms with Crippen LogP contribution in [0.25, 0.3) is 0 Å². The smallest absolute Gasteiger partial charge is 0.234 e. The highest BCUT2D eigenvalue weighted by molar-refractivity contribution is 6.30. The Morgan fingerprint density at radius 2 is 1.88 bits per heavy atom. The predicted octanol–water partition coefficient (Wildman–Crippen LogP) is 3.94. The summed E-state index contributed by atoms with van der Waals surface area (Å²) in [4.78, 5) is 11.5. The second-order valence-corrected chi connectivity index (χ2v) is 6.20. The number of hydrogen-bond acceptors (Lipinski definition) is 4. The zero-order valence-electron chi connectivity index (χ0n) is 14.8. The van der Waals surface area contributed by atoms with Crippen LogP contribution in [0.2, 0.25) is 5.02 Å². The molecule has 2 rings (SSSR count). The molecule has 5 nitrogen and oxygen atoms in total. The summed E-state index contributed by atoms with van der Waals surface area (Å²) in [7, 11) is 0. The Balaban J connectivity index is 1.91. The van der Waals surface area contributed by atoms with Gasteiger partial charge in [-0.2, -0.15) is 5.26 Å². The van der Waals surface area contributed by atoms with E-state index in [1.165, 1.54) is 5.56 Å². The molecule has 0 fully saturated rings. The minimum Gasteiger partial charge on any atom is -0.490 e. The Morgan fingerprint density at radius 3 is 2.62 bits per heavy atom. The Bertz CT molecular complexity index is 815. The number of halogens is 1. The number of amides is 1. The van der Waals surface area contributed by atoms with Gasteiger partial charge in [-0.1, -0.05) is 23.7 Å². The van der Waals surface area contributed by atoms with Gasteiger partial charge < -0.3 is 14.8 Å². The van der Waals surface area contributed by atoms with Gasteiger partial charge in [0.15, 0.2) is 0 Å². The number of carbonyl (C=O) groups is 1. The van der Waals surface area contributed by atoms with Gasteiger partial charge >= 0.3 is 0 Å². The number of aryl methyl sites for hydroxylation is 1. The van der Waals surface area contributed by atoms with E-state index in [0.29, 0.717) is 24.0 Å². The highest BCUT2D eigenvalue weighted by Gasteiger charge is 2.08. The fourth-order valence-corrected chi connectivity index (χ4v) is 2.53. The minimum atomic E-state index is -0.336. The van der Waals surface area contributed by atoms with Crippen LogP contribution >= 0.6 is 11.6 Å². The summed E-state index contributed by atoms with van der Waals surface area (Å²) in [6.45, 7) is 5.06. The summed E-state index contributed by atoms with van der Waals surface area (Å²) in [5, 5.41) is 11.8. The lowest BCUT2D eigenvalue weighted by Gasteiger charge is -2.14. The van der Waals surface area contributed by atoms with Crippen LogP contribution in [0.15, 0.2) is 36.4 Å². The zero-order valence-corrected chi connectivity index (χ0v) is 15.6. The zero-order chi connectivity index (χ0) is 18.9. The lowest BCUT2D eigenvalue weighted by Crippen LogP contribution is -2.22. The quantitative estimate of drug-likeness (QED) is 0.712. The molecule has 0 heterocycles. The first-order chi connectivity index (χ1) is 12.5. The normalized spacial score (nSPS) is 10.1. The Morgan fingerprint density at radius 1 is 1.15 bits per heavy atom. The molecule has 1 amide bonds. The van der Waals surface area contributed by atoms with E-state index >= 15 is 0 Å². The van der Waals surface area contributed by atoms with Crippen molar-refractivity contribution in [1.82, 2.24) is 5.32 Å². The fraction of sp³-hybridized carbons (Fsp3) is 0.300. The number of nitrogens with one attached hydrogen (secondary N) is 1. The molecule has 0 saturated heterocycles. The van der Waals surface area contributed by atoms with Crippen molar-refractivity contribution in [3.63, 3.8) is 0 Å². The van der Waals surface area contributed by atoms with Crippen molar-refractivity contribution >= 4 is 17.5 Å². The molecule has 1 N–H and O–H groups in total. The standard InChI is InChI=1S/C20H21ClN2O3/c1-14-4-3-5-18(15(14)2)25-10-11-26-19-7-6-17(21)12-16(19)13-23-20(24)8-9-22/h3-7,12H,8,10-11,13H2,1-2H3,(H,23,24). The van der Waals surface area contributed by atoms with Crippen molar-refractivity contribution in [2.45, 2.75) is 26.8 Å². The summed E-state index contributed by atoms with van der Waals surface area (Å²) in [5.41, 5.74) is 3.03. The molecule has 26 heavy (non-hydrogen) atoms. The molecule has 0 aromatic heterocycles. The molecule has 0 atom stereocenters. The summed E-state index contributed by atoms with van der Waals surface area (Å²) in [5.74, 6) is 1.13. The first-order valence-corrected chi connectivity index (χ1v) is 8.63. The summed E-state index contributed by atoms with van der Waals surface area (Å²) in [6, 6.07) is 13.0. The molecular formula is C20H21ClN2O3. The molecule has 0 saturated carbocycles. The monoisotopic (exact) mass is 372 g/mol. The van der Waals surface area contributed by atoms with Crippen LogP contribution in [0, 0.1) is 25.2 Å². The Hall–Kier alpha value is -2.71. The van der Waals surface area contributed by atoms with Crippen molar-refractivity contribution in [3.8, 4) is 17.6 Å². The third-order valence-electron chi connectivity index (χ3n) is 3.89. The molecule has 2 aromatic rings. The van der Waals surface area contributed by atoms with E-state index in [2.05, 4.69) is 5.32 Å². The van der Waals surface area contributed by atoms with Crippen molar-refractivity contribution in [2.24, 2.45) is 0 Å². The van der Waals surface area contributed by atoms with Crippen molar-refractivity contribution in [2.75, 3.05) is 13.2 Å². The summed E-state index contributed by atoms with van der Waals surface area (Å²) < 4.78 is 11.6. The van der Waals surface area contributed by atoms with Gasteiger partial charge in [0, 0.05) is 17.1 Å². The third-order valence-corrected chi connectivity index (χ3v) is 4.13. The fourth-order valence-electron chi connectivity index (χ4n) is 2.34. The molecule has 0 aliphatic carbocycles. The average Bonchev–Trinajstić information content (AvgIpc) is 2.62. The topological polar surface area (TPSA) is 71.3 Å². The molecule has 6 heteroatoms. The van der Waals surface area contributed by atoms with Crippen LogP contribution in [-0.4, -0.2) is 19.1 Å². The highest BCUT2D eigenvalue weighted by Crippen LogP contribution is 2.23. The van der Waals surface area contributed by atoms with Gasteiger partial charge in [0.2, 0.25) is 5.91 Å². The van der Waals surface area contributed by atoms with Crippen molar-refractivity contribution in [1.29, 1.82) is 5.26 Å².